The van der Waals surface area contributed by atoms with Gasteiger partial charge in [0.2, 0.25) is 10.0 Å². The van der Waals surface area contributed by atoms with Crippen molar-refractivity contribution in [3.8, 4) is 0 Å². The minimum absolute atomic E-state index is 0.00879. The highest BCUT2D eigenvalue weighted by Crippen LogP contribution is 2.18. The molecule has 30 heavy (non-hydrogen) atoms. The quantitative estimate of drug-likeness (QED) is 0.546. The number of aromatic amines is 1. The van der Waals surface area contributed by atoms with Gasteiger partial charge in [0.25, 0.3) is 5.56 Å². The fourth-order valence-electron chi connectivity index (χ4n) is 2.62. The van der Waals surface area contributed by atoms with E-state index < -0.39 is 34.1 Å². The number of carbonyl (C=O) groups excluding carboxylic acids is 2. The Morgan fingerprint density at radius 1 is 1.13 bits per heavy atom. The summed E-state index contributed by atoms with van der Waals surface area (Å²) in [7, 11) is -1.69. The summed E-state index contributed by atoms with van der Waals surface area (Å²) in [6.45, 7) is 1.11. The van der Waals surface area contributed by atoms with E-state index in [9.17, 15) is 22.8 Å². The number of pyridine rings is 1. The molecule has 0 atom stereocenters. The summed E-state index contributed by atoms with van der Waals surface area (Å²) in [5.41, 5.74) is 0.654. The molecule has 9 nitrogen and oxygen atoms in total. The fourth-order valence-corrected chi connectivity index (χ4v) is 4.33. The van der Waals surface area contributed by atoms with Crippen molar-refractivity contribution in [2.24, 2.45) is 0 Å². The summed E-state index contributed by atoms with van der Waals surface area (Å²) in [6, 6.07) is 7.47. The minimum Gasteiger partial charge on any atom is -0.468 e. The van der Waals surface area contributed by atoms with Gasteiger partial charge in [-0.15, -0.1) is 0 Å². The molecule has 0 aliphatic carbocycles. The lowest BCUT2D eigenvalue weighted by Crippen LogP contribution is -2.38. The number of benzene rings is 1. The molecule has 0 bridgehead atoms. The number of methoxy groups -OCH3 is 2. The molecule has 1 aromatic carbocycles. The summed E-state index contributed by atoms with van der Waals surface area (Å²) >= 11 is 3.05. The van der Waals surface area contributed by atoms with E-state index in [0.717, 1.165) is 17.0 Å². The van der Waals surface area contributed by atoms with Crippen LogP contribution in [-0.4, -0.2) is 57.0 Å². The lowest BCUT2D eigenvalue weighted by Gasteiger charge is -2.21. The second-order valence-electron chi connectivity index (χ2n) is 6.31. The zero-order chi connectivity index (χ0) is 22.5. The number of carbonyl (C=O) groups is 2. The van der Waals surface area contributed by atoms with Crippen LogP contribution in [0.15, 0.2) is 44.5 Å². The van der Waals surface area contributed by atoms with Gasteiger partial charge in [0.05, 0.1) is 29.2 Å². The molecule has 0 aliphatic rings. The zero-order valence-electron chi connectivity index (χ0n) is 16.6. The van der Waals surface area contributed by atoms with Gasteiger partial charge < -0.3 is 14.5 Å². The molecule has 162 valence electrons. The third-order valence-electron chi connectivity index (χ3n) is 4.29. The molecule has 0 amide bonds. The molecular weight excluding hydrogens is 480 g/mol. The number of aromatic nitrogens is 1. The van der Waals surface area contributed by atoms with E-state index in [4.69, 9.17) is 4.74 Å². The van der Waals surface area contributed by atoms with Crippen LogP contribution in [0.4, 0.5) is 0 Å². The second kappa shape index (κ2) is 10.0. The number of rotatable bonds is 8. The van der Waals surface area contributed by atoms with Crippen LogP contribution in [0.5, 0.6) is 0 Å². The minimum atomic E-state index is -4.04. The molecule has 11 heteroatoms. The topological polar surface area (TPSA) is 123 Å². The number of aryl methyl sites for hydroxylation is 1. The van der Waals surface area contributed by atoms with Gasteiger partial charge in [-0.3, -0.25) is 9.59 Å². The Hall–Kier alpha value is -2.50. The average molecular weight is 501 g/mol. The van der Waals surface area contributed by atoms with Gasteiger partial charge in [0.1, 0.15) is 6.54 Å². The number of sulfonamides is 1. The lowest BCUT2D eigenvalue weighted by atomic mass is 10.1. The van der Waals surface area contributed by atoms with Crippen molar-refractivity contribution >= 4 is 37.9 Å². The third kappa shape index (κ3) is 5.55. The monoisotopic (exact) mass is 500 g/mol. The molecule has 0 saturated heterocycles. The van der Waals surface area contributed by atoms with E-state index in [0.29, 0.717) is 0 Å². The summed E-state index contributed by atoms with van der Waals surface area (Å²) in [6.07, 6.45) is -0.0466. The molecule has 0 aliphatic heterocycles. The molecule has 1 heterocycles. The number of hydrogen-bond donors (Lipinski definition) is 1. The van der Waals surface area contributed by atoms with E-state index in [1.54, 1.807) is 12.1 Å². The fraction of sp³-hybridized carbons (Fsp3) is 0.316. The Morgan fingerprint density at radius 3 is 2.33 bits per heavy atom. The average Bonchev–Trinajstić information content (AvgIpc) is 2.72. The van der Waals surface area contributed by atoms with Crippen LogP contribution in [0, 0.1) is 6.92 Å². The van der Waals surface area contributed by atoms with E-state index in [1.165, 1.54) is 25.3 Å². The van der Waals surface area contributed by atoms with Crippen LogP contribution in [0.25, 0.3) is 0 Å². The molecule has 1 aromatic heterocycles. The summed E-state index contributed by atoms with van der Waals surface area (Å²) in [5, 5.41) is 0. The largest absolute Gasteiger partial charge is 0.468 e. The molecule has 0 unspecified atom stereocenters. The van der Waals surface area contributed by atoms with E-state index in [1.807, 2.05) is 6.92 Å². The molecule has 0 spiro atoms. The number of halogens is 1. The number of H-pyrrole nitrogens is 1. The van der Waals surface area contributed by atoms with Gasteiger partial charge in [-0.1, -0.05) is 17.7 Å². The van der Waals surface area contributed by atoms with Crippen molar-refractivity contribution in [3.63, 3.8) is 0 Å². The van der Waals surface area contributed by atoms with Crippen LogP contribution in [-0.2, 0) is 30.7 Å². The standard InChI is InChI=1S/C19H21BrN2O7S/c1-12-4-6-13(7-5-12)30(26,27)22(11-17(23)28-2)9-8-16-14(19(25)29-3)10-15(20)18(24)21-16/h4-7,10H,8-9,11H2,1-3H3,(H,21,24). The number of hydrogen-bond acceptors (Lipinski definition) is 7. The Labute approximate surface area is 182 Å². The number of nitrogens with one attached hydrogen (secondary N) is 1. The van der Waals surface area contributed by atoms with Crippen molar-refractivity contribution in [3.05, 3.63) is 62.0 Å². The first kappa shape index (κ1) is 23.8. The predicted molar refractivity (Wildman–Crippen MR) is 112 cm³/mol. The van der Waals surface area contributed by atoms with Crippen molar-refractivity contribution in [1.82, 2.24) is 9.29 Å². The highest BCUT2D eigenvalue weighted by atomic mass is 79.9. The molecule has 0 radical (unpaired) electrons. The van der Waals surface area contributed by atoms with Gasteiger partial charge in [-0.2, -0.15) is 4.31 Å². The normalized spacial score (nSPS) is 11.4. The van der Waals surface area contributed by atoms with Crippen molar-refractivity contribution in [1.29, 1.82) is 0 Å². The molecule has 1 N–H and O–H groups in total. The maximum atomic E-state index is 13.1. The van der Waals surface area contributed by atoms with Crippen LogP contribution in [0.2, 0.25) is 0 Å². The maximum Gasteiger partial charge on any atom is 0.339 e. The van der Waals surface area contributed by atoms with Crippen molar-refractivity contribution in [2.45, 2.75) is 18.2 Å². The second-order valence-corrected chi connectivity index (χ2v) is 9.10. The Bertz CT molecular complexity index is 1090. The molecule has 0 saturated carbocycles. The first-order chi connectivity index (χ1) is 14.1. The van der Waals surface area contributed by atoms with Gasteiger partial charge >= 0.3 is 11.9 Å². The smallest absolute Gasteiger partial charge is 0.339 e. The third-order valence-corrected chi connectivity index (χ3v) is 6.73. The SMILES string of the molecule is COC(=O)CN(CCc1[nH]c(=O)c(Br)cc1C(=O)OC)S(=O)(=O)c1ccc(C)cc1. The molecule has 2 rings (SSSR count). The zero-order valence-corrected chi connectivity index (χ0v) is 19.0. The predicted octanol–water partition coefficient (Wildman–Crippen LogP) is 1.64. The summed E-state index contributed by atoms with van der Waals surface area (Å²) in [4.78, 5) is 38.4. The number of ether oxygens (including phenoxy) is 2. The van der Waals surface area contributed by atoms with Gasteiger partial charge in [0.15, 0.2) is 0 Å². The van der Waals surface area contributed by atoms with E-state index in [2.05, 4.69) is 25.7 Å². The van der Waals surface area contributed by atoms with E-state index >= 15 is 0 Å². The Balaban J connectivity index is 2.40. The Kier molecular flexibility index (Phi) is 7.93. The highest BCUT2D eigenvalue weighted by molar-refractivity contribution is 9.10. The van der Waals surface area contributed by atoms with Crippen LogP contribution >= 0.6 is 15.9 Å². The Morgan fingerprint density at radius 2 is 1.77 bits per heavy atom. The number of esters is 2. The van der Waals surface area contributed by atoms with Crippen LogP contribution < -0.4 is 5.56 Å². The molecule has 2 aromatic rings. The lowest BCUT2D eigenvalue weighted by molar-refractivity contribution is -0.140. The van der Waals surface area contributed by atoms with Gasteiger partial charge in [0, 0.05) is 18.7 Å². The molecular formula is C19H21BrN2O7S. The maximum absolute atomic E-state index is 13.1. The van der Waals surface area contributed by atoms with E-state index in [-0.39, 0.29) is 33.6 Å². The summed E-state index contributed by atoms with van der Waals surface area (Å²) in [5.74, 6) is -1.44. The van der Waals surface area contributed by atoms with Crippen LogP contribution in [0.3, 0.4) is 0 Å². The first-order valence-electron chi connectivity index (χ1n) is 8.73. The molecule has 0 fully saturated rings. The van der Waals surface area contributed by atoms with Gasteiger partial charge in [-0.05, 0) is 41.1 Å². The van der Waals surface area contributed by atoms with Crippen LogP contribution in [0.1, 0.15) is 21.6 Å². The summed E-state index contributed by atoms with van der Waals surface area (Å²) < 4.78 is 36.5. The van der Waals surface area contributed by atoms with Gasteiger partial charge in [-0.25, -0.2) is 13.2 Å². The first-order valence-corrected chi connectivity index (χ1v) is 11.0. The van der Waals surface area contributed by atoms with Crippen molar-refractivity contribution in [2.75, 3.05) is 27.3 Å². The number of nitrogens with zero attached hydrogens (tertiary/aromatic N) is 1. The highest BCUT2D eigenvalue weighted by Gasteiger charge is 2.27. The van der Waals surface area contributed by atoms with Crippen molar-refractivity contribution < 1.29 is 27.5 Å².